The van der Waals surface area contributed by atoms with Gasteiger partial charge in [-0.2, -0.15) is 25.3 Å². The van der Waals surface area contributed by atoms with Crippen LogP contribution in [-0.2, 0) is 30.4 Å². The van der Waals surface area contributed by atoms with E-state index in [0.717, 1.165) is 5.56 Å². The normalized spacial score (nSPS) is 11.6. The first kappa shape index (κ1) is 23.2. The second kappa shape index (κ2) is 8.55. The fourth-order valence-electron chi connectivity index (χ4n) is 1.00. The molecule has 0 amide bonds. The van der Waals surface area contributed by atoms with Gasteiger partial charge in [0.15, 0.2) is 0 Å². The monoisotopic (exact) mass is 378 g/mol. The third-order valence-corrected chi connectivity index (χ3v) is 2.83. The van der Waals surface area contributed by atoms with Gasteiger partial charge < -0.3 is 0 Å². The zero-order valence-electron chi connectivity index (χ0n) is 12.2. The van der Waals surface area contributed by atoms with Crippen LogP contribution in [0, 0.1) is 13.8 Å². The molecule has 0 heterocycles. The first-order valence-electron chi connectivity index (χ1n) is 5.31. The minimum absolute atomic E-state index is 0.0116. The molecule has 0 saturated carbocycles. The van der Waals surface area contributed by atoms with Crippen molar-refractivity contribution in [1.82, 2.24) is 0 Å². The van der Waals surface area contributed by atoms with Crippen LogP contribution in [0.1, 0.15) is 11.1 Å². The first-order valence-corrected chi connectivity index (χ1v) is 10.4. The number of hydrogen-bond donors (Lipinski definition) is 3. The summed E-state index contributed by atoms with van der Waals surface area (Å²) in [6.07, 6.45) is 1.43. The predicted molar refractivity (Wildman–Crippen MR) is 80.7 cm³/mol. The summed E-state index contributed by atoms with van der Waals surface area (Å²) in [5.74, 6) is 0. The van der Waals surface area contributed by atoms with E-state index in [1.807, 2.05) is 0 Å². The smallest absolute Gasteiger partial charge is 0.286 e. The van der Waals surface area contributed by atoms with Gasteiger partial charge in [-0.25, -0.2) is 0 Å². The summed E-state index contributed by atoms with van der Waals surface area (Å²) in [5, 5.41) is 0. The summed E-state index contributed by atoms with van der Waals surface area (Å²) >= 11 is 0. The predicted octanol–water partition coefficient (Wildman–Crippen LogP) is 0.558. The quantitative estimate of drug-likeness (QED) is 0.592. The van der Waals surface area contributed by atoms with Crippen molar-refractivity contribution in [3.63, 3.8) is 0 Å². The molecule has 22 heavy (non-hydrogen) atoms. The van der Waals surface area contributed by atoms with E-state index in [9.17, 15) is 25.3 Å². The number of aryl methyl sites for hydroxylation is 1. The van der Waals surface area contributed by atoms with Gasteiger partial charge in [-0.1, -0.05) is 12.1 Å². The summed E-state index contributed by atoms with van der Waals surface area (Å²) in [6, 6.07) is 4.78. The highest BCUT2D eigenvalue weighted by Crippen LogP contribution is 2.17. The Kier molecular flexibility index (Phi) is 9.02. The van der Waals surface area contributed by atoms with Gasteiger partial charge in [0.2, 0.25) is 0 Å². The van der Waals surface area contributed by atoms with E-state index in [4.69, 9.17) is 13.7 Å². The van der Waals surface area contributed by atoms with Crippen molar-refractivity contribution >= 4 is 30.4 Å². The third-order valence-electron chi connectivity index (χ3n) is 1.83. The lowest BCUT2D eigenvalue weighted by Crippen LogP contribution is -2.01. The van der Waals surface area contributed by atoms with Crippen molar-refractivity contribution in [3.8, 4) is 0 Å². The second-order valence-electron chi connectivity index (χ2n) is 4.14. The van der Waals surface area contributed by atoms with E-state index in [1.54, 1.807) is 26.0 Å². The van der Waals surface area contributed by atoms with Gasteiger partial charge in [-0.05, 0) is 31.0 Å². The highest BCUT2D eigenvalue weighted by Gasteiger charge is 2.12. The van der Waals surface area contributed by atoms with Crippen LogP contribution in [0.25, 0.3) is 0 Å². The number of benzene rings is 1. The van der Waals surface area contributed by atoms with Gasteiger partial charge >= 0.3 is 0 Å². The van der Waals surface area contributed by atoms with E-state index in [0.29, 0.717) is 18.1 Å². The Hall–Kier alpha value is -1.05. The minimum atomic E-state index is -4.06. The molecule has 1 aromatic carbocycles. The van der Waals surface area contributed by atoms with Gasteiger partial charge in [0, 0.05) is 0 Å². The Morgan fingerprint density at radius 1 is 0.773 bits per heavy atom. The second-order valence-corrected chi connectivity index (χ2v) is 8.46. The summed E-state index contributed by atoms with van der Waals surface area (Å²) < 4.78 is 82.0. The average Bonchev–Trinajstić information content (AvgIpc) is 2.15. The molecule has 3 N–H and O–H groups in total. The maximum atomic E-state index is 10.8. The highest BCUT2D eigenvalue weighted by molar-refractivity contribution is 7.86. The molecule has 0 fully saturated rings. The fraction of sp³-hybridized carbons (Fsp3) is 0.400. The van der Waals surface area contributed by atoms with Crippen LogP contribution in [-0.4, -0.2) is 51.4 Å². The van der Waals surface area contributed by atoms with Crippen molar-refractivity contribution in [1.29, 1.82) is 0 Å². The molecule has 130 valence electrons. The van der Waals surface area contributed by atoms with Crippen molar-refractivity contribution in [2.24, 2.45) is 0 Å². The molecule has 0 unspecified atom stereocenters. The van der Waals surface area contributed by atoms with Crippen LogP contribution in [0.4, 0.5) is 0 Å². The van der Waals surface area contributed by atoms with E-state index in [1.165, 1.54) is 6.07 Å². The van der Waals surface area contributed by atoms with Gasteiger partial charge in [-0.3, -0.25) is 13.7 Å². The Morgan fingerprint density at radius 3 is 1.32 bits per heavy atom. The molecule has 0 aromatic heterocycles. The van der Waals surface area contributed by atoms with Gasteiger partial charge in [0.25, 0.3) is 30.4 Å². The third kappa shape index (κ3) is 17.0. The van der Waals surface area contributed by atoms with Gasteiger partial charge in [-0.15, -0.1) is 0 Å². The first-order chi connectivity index (χ1) is 9.43. The summed E-state index contributed by atoms with van der Waals surface area (Å²) in [7, 11) is -11.4. The molecule has 0 bridgehead atoms. The lowest BCUT2D eigenvalue weighted by molar-refractivity contribution is 0.481. The lowest BCUT2D eigenvalue weighted by atomic mass is 10.1. The van der Waals surface area contributed by atoms with Gasteiger partial charge in [0.1, 0.15) is 0 Å². The van der Waals surface area contributed by atoms with Crippen molar-refractivity contribution in [2.45, 2.75) is 18.7 Å². The molecule has 12 heteroatoms. The standard InChI is InChI=1S/C8H10O3S.2CH4O3S/c1-6-4-3-5-8(7(6)2)12(9,10)11;2*1-5(2,3)4/h3-5H,1-2H3,(H,9,10,11);2*1H3,(H,2,3,4). The van der Waals surface area contributed by atoms with E-state index < -0.39 is 30.4 Å². The summed E-state index contributed by atoms with van der Waals surface area (Å²) in [6.45, 7) is 3.46. The van der Waals surface area contributed by atoms with Crippen LogP contribution in [0.3, 0.4) is 0 Å². The molecule has 0 aliphatic carbocycles. The van der Waals surface area contributed by atoms with Crippen LogP contribution < -0.4 is 0 Å². The van der Waals surface area contributed by atoms with Gasteiger partial charge in [0.05, 0.1) is 17.4 Å². The molecular formula is C10H18O9S3. The molecule has 1 rings (SSSR count). The minimum Gasteiger partial charge on any atom is -0.286 e. The molecule has 0 atom stereocenters. The maximum Gasteiger partial charge on any atom is 0.294 e. The zero-order chi connectivity index (χ0) is 18.4. The zero-order valence-corrected chi connectivity index (χ0v) is 14.7. The maximum absolute atomic E-state index is 10.8. The molecule has 0 saturated heterocycles. The van der Waals surface area contributed by atoms with Crippen LogP contribution in [0.15, 0.2) is 23.1 Å². The number of rotatable bonds is 1. The molecular weight excluding hydrogens is 360 g/mol. The number of hydrogen-bond acceptors (Lipinski definition) is 6. The van der Waals surface area contributed by atoms with Crippen LogP contribution in [0.5, 0.6) is 0 Å². The van der Waals surface area contributed by atoms with E-state index in [-0.39, 0.29) is 4.90 Å². The largest absolute Gasteiger partial charge is 0.294 e. The fourth-order valence-corrected chi connectivity index (χ4v) is 1.80. The van der Waals surface area contributed by atoms with E-state index >= 15 is 0 Å². The molecule has 9 nitrogen and oxygen atoms in total. The molecule has 0 radical (unpaired) electrons. The molecule has 0 aliphatic heterocycles. The SMILES string of the molecule is CS(=O)(=O)O.CS(=O)(=O)O.Cc1cccc(S(=O)(=O)O)c1C. The summed E-state index contributed by atoms with van der Waals surface area (Å²) in [5.41, 5.74) is 1.45. The average molecular weight is 378 g/mol. The Morgan fingerprint density at radius 2 is 1.09 bits per heavy atom. The Bertz CT molecular complexity index is 744. The lowest BCUT2D eigenvalue weighted by Gasteiger charge is -2.03. The molecule has 1 aromatic rings. The van der Waals surface area contributed by atoms with Crippen molar-refractivity contribution in [2.75, 3.05) is 12.5 Å². The summed E-state index contributed by atoms with van der Waals surface area (Å²) in [4.78, 5) is -0.0116. The topological polar surface area (TPSA) is 163 Å². The van der Waals surface area contributed by atoms with Crippen molar-refractivity contribution < 1.29 is 38.9 Å². The van der Waals surface area contributed by atoms with Crippen LogP contribution in [0.2, 0.25) is 0 Å². The molecule has 0 aliphatic rings. The van der Waals surface area contributed by atoms with Crippen molar-refractivity contribution in [3.05, 3.63) is 29.3 Å². The Balaban J connectivity index is 0. The Labute approximate surface area is 130 Å². The highest BCUT2D eigenvalue weighted by atomic mass is 32.2. The molecule has 0 spiro atoms. The van der Waals surface area contributed by atoms with E-state index in [2.05, 4.69) is 0 Å². The van der Waals surface area contributed by atoms with Crippen LogP contribution >= 0.6 is 0 Å².